The van der Waals surface area contributed by atoms with Crippen LogP contribution in [0.3, 0.4) is 0 Å². The fraction of sp³-hybridized carbons (Fsp3) is 0.368. The number of hydrogen-bond donors (Lipinski definition) is 1. The van der Waals surface area contributed by atoms with Crippen molar-refractivity contribution in [2.75, 3.05) is 14.2 Å². The third kappa shape index (κ3) is 1.83. The highest BCUT2D eigenvalue weighted by atomic mass is 16.6. The van der Waals surface area contributed by atoms with Crippen LogP contribution < -0.4 is 4.74 Å². The minimum atomic E-state index is -1.73. The van der Waals surface area contributed by atoms with Crippen molar-refractivity contribution < 1.29 is 28.9 Å². The van der Waals surface area contributed by atoms with E-state index in [1.54, 1.807) is 6.07 Å². The summed E-state index contributed by atoms with van der Waals surface area (Å²) in [5.74, 6) is -2.56. The minimum absolute atomic E-state index is 0.222. The van der Waals surface area contributed by atoms with Gasteiger partial charge in [-0.15, -0.1) is 0 Å². The van der Waals surface area contributed by atoms with E-state index >= 15 is 0 Å². The summed E-state index contributed by atoms with van der Waals surface area (Å²) in [6, 6.07) is 9.04. The Balaban J connectivity index is 2.13. The van der Waals surface area contributed by atoms with Crippen LogP contribution in [0.5, 0.6) is 5.75 Å². The van der Waals surface area contributed by atoms with E-state index in [1.807, 2.05) is 24.3 Å². The van der Waals surface area contributed by atoms with Gasteiger partial charge in [0.1, 0.15) is 5.75 Å². The molecule has 0 spiro atoms. The Labute approximate surface area is 144 Å². The number of esters is 2. The zero-order valence-corrected chi connectivity index (χ0v) is 14.0. The summed E-state index contributed by atoms with van der Waals surface area (Å²) >= 11 is 0. The third-order valence-corrected chi connectivity index (χ3v) is 5.37. The Morgan fingerprint density at radius 1 is 1.16 bits per heavy atom. The van der Waals surface area contributed by atoms with Gasteiger partial charge in [-0.1, -0.05) is 24.3 Å². The van der Waals surface area contributed by atoms with Gasteiger partial charge in [-0.05, 0) is 24.3 Å². The summed E-state index contributed by atoms with van der Waals surface area (Å²) in [6.07, 6.45) is 1.20. The van der Waals surface area contributed by atoms with Crippen molar-refractivity contribution in [3.63, 3.8) is 0 Å². The number of aliphatic hydroxyl groups is 1. The number of methoxy groups -OCH3 is 2. The smallest absolute Gasteiger partial charge is 0.338 e. The first-order valence-corrected chi connectivity index (χ1v) is 8.13. The fourth-order valence-electron chi connectivity index (χ4n) is 4.28. The standard InChI is InChI=1S/C19H18O6/c1-23-16(20)13-10-11-6-3-4-7-12(11)15-14(13)18(17(21)24-2)8-5-9-19(18,22)25-15/h3-4,6-7,10,22H,5,8-9H2,1-2H3/t18-,19+/m1/s1. The Morgan fingerprint density at radius 3 is 2.64 bits per heavy atom. The highest BCUT2D eigenvalue weighted by Gasteiger charge is 2.69. The van der Waals surface area contributed by atoms with Crippen LogP contribution in [0.1, 0.15) is 35.2 Å². The average molecular weight is 342 g/mol. The van der Waals surface area contributed by atoms with E-state index in [-0.39, 0.29) is 12.0 Å². The van der Waals surface area contributed by atoms with Gasteiger partial charge in [-0.2, -0.15) is 0 Å². The predicted molar refractivity (Wildman–Crippen MR) is 88.4 cm³/mol. The molecule has 0 amide bonds. The number of rotatable bonds is 2. The van der Waals surface area contributed by atoms with Crippen molar-refractivity contribution in [2.45, 2.75) is 30.5 Å². The molecule has 25 heavy (non-hydrogen) atoms. The lowest BCUT2D eigenvalue weighted by molar-refractivity contribution is -0.185. The van der Waals surface area contributed by atoms with Crippen LogP contribution in [0.4, 0.5) is 0 Å². The number of carbonyl (C=O) groups is 2. The monoisotopic (exact) mass is 342 g/mol. The summed E-state index contributed by atoms with van der Waals surface area (Å²) in [5.41, 5.74) is -0.839. The molecule has 130 valence electrons. The van der Waals surface area contributed by atoms with E-state index in [4.69, 9.17) is 14.2 Å². The molecule has 1 N–H and O–H groups in total. The third-order valence-electron chi connectivity index (χ3n) is 5.37. The maximum absolute atomic E-state index is 12.8. The first-order chi connectivity index (χ1) is 12.0. The first-order valence-electron chi connectivity index (χ1n) is 8.13. The maximum atomic E-state index is 12.8. The lowest BCUT2D eigenvalue weighted by Gasteiger charge is -2.32. The molecule has 0 bridgehead atoms. The van der Waals surface area contributed by atoms with Crippen molar-refractivity contribution in [3.8, 4) is 5.75 Å². The van der Waals surface area contributed by atoms with Gasteiger partial charge in [0.25, 0.3) is 0 Å². The van der Waals surface area contributed by atoms with Crippen molar-refractivity contribution >= 4 is 22.7 Å². The molecular formula is C19H18O6. The Hall–Kier alpha value is -2.60. The SMILES string of the molecule is COC(=O)c1cc2ccccc2c2c1[C@@]1(C(=O)OC)CCC[C@]1(O)O2. The van der Waals surface area contributed by atoms with Gasteiger partial charge in [0.15, 0.2) is 5.41 Å². The second kappa shape index (κ2) is 5.20. The minimum Gasteiger partial charge on any atom is -0.468 e. The summed E-state index contributed by atoms with van der Waals surface area (Å²) < 4.78 is 15.9. The van der Waals surface area contributed by atoms with Crippen LogP contribution in [0.25, 0.3) is 10.8 Å². The zero-order chi connectivity index (χ0) is 17.8. The number of ether oxygens (including phenoxy) is 3. The molecular weight excluding hydrogens is 324 g/mol. The normalized spacial score (nSPS) is 26.7. The highest BCUT2D eigenvalue weighted by Crippen LogP contribution is 2.60. The number of carbonyl (C=O) groups excluding carboxylic acids is 2. The second-order valence-corrected chi connectivity index (χ2v) is 6.48. The predicted octanol–water partition coefficient (Wildman–Crippen LogP) is 2.30. The zero-order valence-electron chi connectivity index (χ0n) is 14.0. The van der Waals surface area contributed by atoms with Crippen LogP contribution in [0.2, 0.25) is 0 Å². The van der Waals surface area contributed by atoms with Crippen LogP contribution >= 0.6 is 0 Å². The molecule has 6 heteroatoms. The lowest BCUT2D eigenvalue weighted by Crippen LogP contribution is -2.53. The molecule has 2 aromatic carbocycles. The van der Waals surface area contributed by atoms with Crippen LogP contribution in [-0.4, -0.2) is 37.1 Å². The second-order valence-electron chi connectivity index (χ2n) is 6.48. The molecule has 1 aliphatic heterocycles. The Morgan fingerprint density at radius 2 is 1.92 bits per heavy atom. The van der Waals surface area contributed by atoms with Crippen molar-refractivity contribution in [1.82, 2.24) is 0 Å². The number of fused-ring (bicyclic) bond motifs is 5. The first kappa shape index (κ1) is 15.9. The van der Waals surface area contributed by atoms with E-state index in [2.05, 4.69) is 0 Å². The molecule has 2 aromatic rings. The summed E-state index contributed by atoms with van der Waals surface area (Å²) in [7, 11) is 2.55. The van der Waals surface area contributed by atoms with Crippen molar-refractivity contribution in [3.05, 3.63) is 41.5 Å². The van der Waals surface area contributed by atoms with E-state index < -0.39 is 23.1 Å². The van der Waals surface area contributed by atoms with Gasteiger partial charge in [0.2, 0.25) is 5.79 Å². The largest absolute Gasteiger partial charge is 0.468 e. The van der Waals surface area contributed by atoms with Gasteiger partial charge in [0, 0.05) is 17.4 Å². The van der Waals surface area contributed by atoms with Gasteiger partial charge < -0.3 is 19.3 Å². The Bertz CT molecular complexity index is 904. The highest BCUT2D eigenvalue weighted by molar-refractivity contribution is 6.05. The lowest BCUT2D eigenvalue weighted by atomic mass is 9.74. The maximum Gasteiger partial charge on any atom is 0.338 e. The topological polar surface area (TPSA) is 82.1 Å². The van der Waals surface area contributed by atoms with Gasteiger partial charge in [-0.3, -0.25) is 4.79 Å². The molecule has 4 rings (SSSR count). The van der Waals surface area contributed by atoms with Crippen LogP contribution in [0.15, 0.2) is 30.3 Å². The van der Waals surface area contributed by atoms with E-state index in [1.165, 1.54) is 14.2 Å². The van der Waals surface area contributed by atoms with Crippen LogP contribution in [0, 0.1) is 0 Å². The van der Waals surface area contributed by atoms with E-state index in [0.717, 1.165) is 10.8 Å². The van der Waals surface area contributed by atoms with E-state index in [0.29, 0.717) is 24.2 Å². The van der Waals surface area contributed by atoms with Crippen molar-refractivity contribution in [1.29, 1.82) is 0 Å². The molecule has 2 atom stereocenters. The molecule has 6 nitrogen and oxygen atoms in total. The summed E-state index contributed by atoms with van der Waals surface area (Å²) in [5, 5.41) is 12.7. The van der Waals surface area contributed by atoms with Crippen LogP contribution in [-0.2, 0) is 19.7 Å². The number of benzene rings is 2. The molecule has 1 heterocycles. The fourth-order valence-corrected chi connectivity index (χ4v) is 4.28. The van der Waals surface area contributed by atoms with Gasteiger partial charge in [-0.25, -0.2) is 4.79 Å². The molecule has 0 radical (unpaired) electrons. The molecule has 0 aromatic heterocycles. The van der Waals surface area contributed by atoms with Crippen molar-refractivity contribution in [2.24, 2.45) is 0 Å². The molecule has 1 fully saturated rings. The summed E-state index contributed by atoms with van der Waals surface area (Å²) in [4.78, 5) is 25.2. The quantitative estimate of drug-likeness (QED) is 0.844. The molecule has 0 unspecified atom stereocenters. The molecule has 1 aliphatic carbocycles. The summed E-state index contributed by atoms with van der Waals surface area (Å²) in [6.45, 7) is 0. The molecule has 0 saturated heterocycles. The molecule has 1 saturated carbocycles. The van der Waals surface area contributed by atoms with Gasteiger partial charge >= 0.3 is 11.9 Å². The van der Waals surface area contributed by atoms with Gasteiger partial charge in [0.05, 0.1) is 19.8 Å². The number of hydrogen-bond acceptors (Lipinski definition) is 6. The Kier molecular flexibility index (Phi) is 3.30. The molecule has 2 aliphatic rings. The average Bonchev–Trinajstić information content (AvgIpc) is 3.09. The van der Waals surface area contributed by atoms with E-state index in [9.17, 15) is 14.7 Å².